The first-order chi connectivity index (χ1) is 8.19. The zero-order valence-corrected chi connectivity index (χ0v) is 12.0. The second-order valence-electron chi connectivity index (χ2n) is 6.43. The number of piperidine rings is 1. The van der Waals surface area contributed by atoms with E-state index in [1.165, 1.54) is 58.5 Å². The Hall–Kier alpha value is -0.0800. The van der Waals surface area contributed by atoms with Gasteiger partial charge in [-0.1, -0.05) is 20.8 Å². The Balaban J connectivity index is 1.69. The van der Waals surface area contributed by atoms with Crippen molar-refractivity contribution in [1.82, 2.24) is 9.80 Å². The SMILES string of the molecule is CCN1CCC(CN2CCC(C(C)C)C2)CC1. The third-order valence-electron chi connectivity index (χ3n) is 4.92. The standard InChI is InChI=1S/C15H30N2/c1-4-16-8-5-14(6-9-16)11-17-10-7-15(12-17)13(2)3/h13-15H,4-12H2,1-3H3. The van der Waals surface area contributed by atoms with Gasteiger partial charge in [0.15, 0.2) is 0 Å². The van der Waals surface area contributed by atoms with Crippen LogP contribution >= 0.6 is 0 Å². The number of likely N-dealkylation sites (tertiary alicyclic amines) is 2. The molecule has 2 aliphatic heterocycles. The Morgan fingerprint density at radius 1 is 1.00 bits per heavy atom. The molecular weight excluding hydrogens is 208 g/mol. The van der Waals surface area contributed by atoms with Gasteiger partial charge in [-0.3, -0.25) is 0 Å². The minimum absolute atomic E-state index is 0.877. The fourth-order valence-corrected chi connectivity index (χ4v) is 3.42. The van der Waals surface area contributed by atoms with Crippen LogP contribution in [0.15, 0.2) is 0 Å². The number of rotatable bonds is 4. The Bertz CT molecular complexity index is 219. The highest BCUT2D eigenvalue weighted by molar-refractivity contribution is 4.81. The maximum atomic E-state index is 2.73. The van der Waals surface area contributed by atoms with Crippen molar-refractivity contribution in [2.24, 2.45) is 17.8 Å². The normalized spacial score (nSPS) is 29.3. The fraction of sp³-hybridized carbons (Fsp3) is 1.00. The van der Waals surface area contributed by atoms with Crippen molar-refractivity contribution in [2.45, 2.75) is 40.0 Å². The van der Waals surface area contributed by atoms with Crippen LogP contribution in [-0.4, -0.2) is 49.1 Å². The monoisotopic (exact) mass is 238 g/mol. The summed E-state index contributed by atoms with van der Waals surface area (Å²) in [4.78, 5) is 5.33. The largest absolute Gasteiger partial charge is 0.304 e. The maximum Gasteiger partial charge on any atom is 0.00127 e. The minimum Gasteiger partial charge on any atom is -0.304 e. The summed E-state index contributed by atoms with van der Waals surface area (Å²) in [5, 5.41) is 0. The third-order valence-corrected chi connectivity index (χ3v) is 4.92. The lowest BCUT2D eigenvalue weighted by molar-refractivity contribution is 0.156. The Labute approximate surface area is 107 Å². The first kappa shape index (κ1) is 13.4. The van der Waals surface area contributed by atoms with Crippen LogP contribution in [0.3, 0.4) is 0 Å². The molecular formula is C15H30N2. The van der Waals surface area contributed by atoms with Crippen LogP contribution in [0, 0.1) is 17.8 Å². The van der Waals surface area contributed by atoms with E-state index in [9.17, 15) is 0 Å². The topological polar surface area (TPSA) is 6.48 Å². The van der Waals surface area contributed by atoms with Crippen molar-refractivity contribution in [2.75, 3.05) is 39.3 Å². The van der Waals surface area contributed by atoms with Crippen molar-refractivity contribution in [3.8, 4) is 0 Å². The summed E-state index contributed by atoms with van der Waals surface area (Å²) in [6, 6.07) is 0. The summed E-state index contributed by atoms with van der Waals surface area (Å²) >= 11 is 0. The molecule has 17 heavy (non-hydrogen) atoms. The van der Waals surface area contributed by atoms with E-state index in [-0.39, 0.29) is 0 Å². The Kier molecular flexibility index (Phi) is 4.87. The molecule has 0 bridgehead atoms. The summed E-state index contributed by atoms with van der Waals surface area (Å²) < 4.78 is 0. The lowest BCUT2D eigenvalue weighted by Crippen LogP contribution is -2.38. The van der Waals surface area contributed by atoms with Gasteiger partial charge in [0.05, 0.1) is 0 Å². The van der Waals surface area contributed by atoms with Crippen LogP contribution in [0.5, 0.6) is 0 Å². The molecule has 2 fully saturated rings. The van der Waals surface area contributed by atoms with Gasteiger partial charge < -0.3 is 9.80 Å². The molecule has 2 nitrogen and oxygen atoms in total. The molecule has 2 heteroatoms. The van der Waals surface area contributed by atoms with Gasteiger partial charge in [0, 0.05) is 13.1 Å². The van der Waals surface area contributed by atoms with E-state index in [1.54, 1.807) is 0 Å². The molecule has 1 unspecified atom stereocenters. The lowest BCUT2D eigenvalue weighted by Gasteiger charge is -2.33. The van der Waals surface area contributed by atoms with Gasteiger partial charge in [-0.15, -0.1) is 0 Å². The Morgan fingerprint density at radius 3 is 2.18 bits per heavy atom. The molecule has 0 saturated carbocycles. The van der Waals surface area contributed by atoms with Crippen molar-refractivity contribution in [3.05, 3.63) is 0 Å². The summed E-state index contributed by atoms with van der Waals surface area (Å²) in [6.07, 6.45) is 4.29. The van der Waals surface area contributed by atoms with Gasteiger partial charge in [0.1, 0.15) is 0 Å². The van der Waals surface area contributed by atoms with Crippen molar-refractivity contribution < 1.29 is 0 Å². The molecule has 0 amide bonds. The van der Waals surface area contributed by atoms with Crippen molar-refractivity contribution in [1.29, 1.82) is 0 Å². The third kappa shape index (κ3) is 3.69. The van der Waals surface area contributed by atoms with Gasteiger partial charge in [-0.2, -0.15) is 0 Å². The quantitative estimate of drug-likeness (QED) is 0.743. The molecule has 0 N–H and O–H groups in total. The predicted octanol–water partition coefficient (Wildman–Crippen LogP) is 2.70. The van der Waals surface area contributed by atoms with Gasteiger partial charge in [-0.25, -0.2) is 0 Å². The van der Waals surface area contributed by atoms with E-state index in [0.717, 1.165) is 17.8 Å². The lowest BCUT2D eigenvalue weighted by atomic mass is 9.95. The number of hydrogen-bond donors (Lipinski definition) is 0. The van der Waals surface area contributed by atoms with Crippen molar-refractivity contribution in [3.63, 3.8) is 0 Å². The average Bonchev–Trinajstić information content (AvgIpc) is 2.79. The fourth-order valence-electron chi connectivity index (χ4n) is 3.42. The van der Waals surface area contributed by atoms with Crippen LogP contribution in [-0.2, 0) is 0 Å². The summed E-state index contributed by atoms with van der Waals surface area (Å²) in [6.45, 7) is 15.1. The van der Waals surface area contributed by atoms with E-state index < -0.39 is 0 Å². The highest BCUT2D eigenvalue weighted by Gasteiger charge is 2.27. The first-order valence-corrected chi connectivity index (χ1v) is 7.63. The van der Waals surface area contributed by atoms with E-state index in [4.69, 9.17) is 0 Å². The summed E-state index contributed by atoms with van der Waals surface area (Å²) in [7, 11) is 0. The minimum atomic E-state index is 0.877. The molecule has 2 aliphatic rings. The zero-order valence-electron chi connectivity index (χ0n) is 12.0. The van der Waals surface area contributed by atoms with Crippen LogP contribution in [0.1, 0.15) is 40.0 Å². The van der Waals surface area contributed by atoms with E-state index in [2.05, 4.69) is 30.6 Å². The number of nitrogens with zero attached hydrogens (tertiary/aromatic N) is 2. The molecule has 0 radical (unpaired) electrons. The molecule has 0 aliphatic carbocycles. The zero-order chi connectivity index (χ0) is 12.3. The smallest absolute Gasteiger partial charge is 0.00127 e. The maximum absolute atomic E-state index is 2.73. The molecule has 0 aromatic carbocycles. The molecule has 0 aromatic heterocycles. The highest BCUT2D eigenvalue weighted by atomic mass is 15.2. The summed E-state index contributed by atoms with van der Waals surface area (Å²) in [5.74, 6) is 2.82. The van der Waals surface area contributed by atoms with Gasteiger partial charge in [0.25, 0.3) is 0 Å². The molecule has 1 atom stereocenters. The predicted molar refractivity (Wildman–Crippen MR) is 74.2 cm³/mol. The molecule has 100 valence electrons. The average molecular weight is 238 g/mol. The molecule has 2 saturated heterocycles. The van der Waals surface area contributed by atoms with Crippen LogP contribution in [0.4, 0.5) is 0 Å². The van der Waals surface area contributed by atoms with Crippen LogP contribution in [0.2, 0.25) is 0 Å². The van der Waals surface area contributed by atoms with Gasteiger partial charge in [0.2, 0.25) is 0 Å². The second-order valence-corrected chi connectivity index (χ2v) is 6.43. The molecule has 2 rings (SSSR count). The molecule has 0 aromatic rings. The van der Waals surface area contributed by atoms with E-state index in [1.807, 2.05) is 0 Å². The van der Waals surface area contributed by atoms with E-state index >= 15 is 0 Å². The first-order valence-electron chi connectivity index (χ1n) is 7.63. The Morgan fingerprint density at radius 2 is 1.65 bits per heavy atom. The van der Waals surface area contributed by atoms with Crippen molar-refractivity contribution >= 4 is 0 Å². The van der Waals surface area contributed by atoms with Gasteiger partial charge in [-0.05, 0) is 63.2 Å². The van der Waals surface area contributed by atoms with Crippen LogP contribution < -0.4 is 0 Å². The highest BCUT2D eigenvalue weighted by Crippen LogP contribution is 2.26. The van der Waals surface area contributed by atoms with Crippen LogP contribution in [0.25, 0.3) is 0 Å². The molecule has 0 spiro atoms. The number of hydrogen-bond acceptors (Lipinski definition) is 2. The summed E-state index contributed by atoms with van der Waals surface area (Å²) in [5.41, 5.74) is 0. The molecule has 2 heterocycles. The van der Waals surface area contributed by atoms with Gasteiger partial charge >= 0.3 is 0 Å². The van der Waals surface area contributed by atoms with E-state index in [0.29, 0.717) is 0 Å². The second kappa shape index (κ2) is 6.19.